The molecule has 1 aliphatic heterocycles. The normalized spacial score (nSPS) is 17.3. The van der Waals surface area contributed by atoms with E-state index in [4.69, 9.17) is 10.5 Å². The summed E-state index contributed by atoms with van der Waals surface area (Å²) in [4.78, 5) is 29.5. The largest absolute Gasteiger partial charge is 0.481 e. The van der Waals surface area contributed by atoms with Crippen molar-refractivity contribution in [2.24, 2.45) is 9.98 Å². The van der Waals surface area contributed by atoms with Gasteiger partial charge < -0.3 is 25.6 Å². The van der Waals surface area contributed by atoms with Crippen LogP contribution in [-0.4, -0.2) is 61.8 Å². The van der Waals surface area contributed by atoms with Gasteiger partial charge in [-0.15, -0.1) is 0 Å². The number of nitrogens with one attached hydrogen (secondary N) is 1. The lowest BCUT2D eigenvalue weighted by molar-refractivity contribution is -0.137. The number of hydrogen-bond donors (Lipinski definition) is 2. The first-order chi connectivity index (χ1) is 19.3. The summed E-state index contributed by atoms with van der Waals surface area (Å²) >= 11 is 0. The van der Waals surface area contributed by atoms with Gasteiger partial charge in [0.2, 0.25) is 11.8 Å². The van der Waals surface area contributed by atoms with Gasteiger partial charge in [0.25, 0.3) is 0 Å². The number of allylic oxidation sites excluding steroid dienone is 1. The van der Waals surface area contributed by atoms with Crippen LogP contribution < -0.4 is 20.7 Å². The van der Waals surface area contributed by atoms with E-state index in [0.29, 0.717) is 35.1 Å². The second-order valence-electron chi connectivity index (χ2n) is 10.3. The highest BCUT2D eigenvalue weighted by Crippen LogP contribution is 2.34. The molecule has 2 heterocycles. The summed E-state index contributed by atoms with van der Waals surface area (Å²) in [7, 11) is 6.79. The van der Waals surface area contributed by atoms with Gasteiger partial charge in [-0.3, -0.25) is 9.79 Å². The number of nitrogen functional groups attached to an aromatic ring is 1. The minimum absolute atomic E-state index is 0.0353. The number of anilines is 2. The van der Waals surface area contributed by atoms with E-state index in [-0.39, 0.29) is 24.1 Å². The Morgan fingerprint density at radius 2 is 1.95 bits per heavy atom. The lowest BCUT2D eigenvalue weighted by Gasteiger charge is -2.31. The van der Waals surface area contributed by atoms with Crippen LogP contribution in [0, 0.1) is 0 Å². The van der Waals surface area contributed by atoms with Gasteiger partial charge in [0.1, 0.15) is 11.7 Å². The highest BCUT2D eigenvalue weighted by atomic mass is 19.4. The highest BCUT2D eigenvalue weighted by molar-refractivity contribution is 6.09. The molecule has 1 aromatic carbocycles. The van der Waals surface area contributed by atoms with E-state index >= 15 is 0 Å². The molecule has 4 rings (SSSR count). The topological polar surface area (TPSA) is 108 Å². The van der Waals surface area contributed by atoms with Crippen LogP contribution in [0.5, 0.6) is 5.88 Å². The molecule has 0 saturated heterocycles. The molecular weight excluding hydrogens is 535 g/mol. The van der Waals surface area contributed by atoms with Gasteiger partial charge >= 0.3 is 6.18 Å². The number of halogens is 3. The van der Waals surface area contributed by atoms with E-state index in [2.05, 4.69) is 26.4 Å². The number of carbonyl (C=O) groups excluding carboxylic acids is 1. The van der Waals surface area contributed by atoms with Crippen molar-refractivity contribution >= 4 is 29.0 Å². The molecule has 2 atom stereocenters. The van der Waals surface area contributed by atoms with Gasteiger partial charge in [-0.25, -0.2) is 9.98 Å². The minimum atomic E-state index is -4.51. The number of carbonyl (C=O) groups is 1. The molecule has 218 valence electrons. The number of hydrogen-bond acceptors (Lipinski definition) is 8. The summed E-state index contributed by atoms with van der Waals surface area (Å²) in [6.07, 6.45) is 1.92. The number of alkyl halides is 3. The fraction of sp³-hybridized carbons (Fsp3) is 0.379. The zero-order valence-electron chi connectivity index (χ0n) is 23.9. The number of nitrogens with two attached hydrogens (primary N) is 1. The summed E-state index contributed by atoms with van der Waals surface area (Å²) < 4.78 is 45.6. The number of benzene rings is 1. The minimum Gasteiger partial charge on any atom is -0.481 e. The number of methoxy groups -OCH3 is 1. The molecule has 2 aliphatic rings. The summed E-state index contributed by atoms with van der Waals surface area (Å²) in [6.45, 7) is 3.55. The number of amidine groups is 2. The predicted octanol–water partition coefficient (Wildman–Crippen LogP) is 4.52. The third-order valence-corrected chi connectivity index (χ3v) is 6.98. The average Bonchev–Trinajstić information content (AvgIpc) is 2.91. The lowest BCUT2D eigenvalue weighted by atomic mass is 9.94. The van der Waals surface area contributed by atoms with E-state index in [0.717, 1.165) is 29.1 Å². The number of aromatic nitrogens is 1. The van der Waals surface area contributed by atoms with E-state index in [1.54, 1.807) is 34.1 Å². The lowest BCUT2D eigenvalue weighted by Crippen LogP contribution is -2.37. The third kappa shape index (κ3) is 6.69. The number of amides is 1. The maximum Gasteiger partial charge on any atom is 0.416 e. The molecule has 41 heavy (non-hydrogen) atoms. The van der Waals surface area contributed by atoms with Crippen LogP contribution in [0.1, 0.15) is 43.0 Å². The molecular formula is C29H34F3N7O2. The van der Waals surface area contributed by atoms with Crippen LogP contribution in [0.4, 0.5) is 24.5 Å². The number of likely N-dealkylation sites (N-methyl/N-ethyl adjacent to an activating group) is 2. The Morgan fingerprint density at radius 3 is 2.61 bits per heavy atom. The van der Waals surface area contributed by atoms with Gasteiger partial charge in [0.15, 0.2) is 0 Å². The van der Waals surface area contributed by atoms with Crippen molar-refractivity contribution in [2.75, 3.05) is 38.9 Å². The molecule has 2 aromatic rings. The van der Waals surface area contributed by atoms with Crippen LogP contribution >= 0.6 is 0 Å². The van der Waals surface area contributed by atoms with Gasteiger partial charge in [0.05, 0.1) is 43.1 Å². The first-order valence-electron chi connectivity index (χ1n) is 13.0. The molecule has 1 aromatic heterocycles. The van der Waals surface area contributed by atoms with Gasteiger partial charge in [-0.05, 0) is 56.2 Å². The van der Waals surface area contributed by atoms with Gasteiger partial charge in [-0.1, -0.05) is 6.08 Å². The molecule has 0 spiro atoms. The van der Waals surface area contributed by atoms with E-state index in [1.807, 2.05) is 24.1 Å². The molecule has 3 N–H and O–H groups in total. The van der Waals surface area contributed by atoms with E-state index in [1.165, 1.54) is 18.1 Å². The van der Waals surface area contributed by atoms with Crippen molar-refractivity contribution < 1.29 is 22.7 Å². The zero-order chi connectivity index (χ0) is 30.1. The molecule has 0 fully saturated rings. The van der Waals surface area contributed by atoms with Crippen LogP contribution in [0.2, 0.25) is 0 Å². The molecule has 1 aliphatic carbocycles. The number of aliphatic imine (C=N–C) groups is 2. The maximum atomic E-state index is 13.4. The first-order valence-corrected chi connectivity index (χ1v) is 13.0. The number of nitrogens with zero attached hydrogens (tertiary/aromatic N) is 5. The van der Waals surface area contributed by atoms with Crippen molar-refractivity contribution in [3.8, 4) is 5.88 Å². The molecule has 0 radical (unpaired) electrons. The standard InChI is InChI=1S/C29H34F3N7O2/c1-16(18-9-20(29(30,31)32)13-21(33)10-18)35-27-24-14-22(7-8-25(24)36-17(2)37-27)39(5)23-11-19(12-26(40)38(3)4)28(41-6)34-15-23/h7,9-11,13-16,25H,8,12,33H2,1-6H3,(H,35,36,37)/t16-,25?/m1/s1. The van der Waals surface area contributed by atoms with Gasteiger partial charge in [0, 0.05) is 43.7 Å². The smallest absolute Gasteiger partial charge is 0.416 e. The Morgan fingerprint density at radius 1 is 1.22 bits per heavy atom. The SMILES string of the molecule is COc1ncc(N(C)C2=CCC3N=C(C)N=C(N[C@H](C)c4cc(N)cc(C(F)(F)F)c4)C3=C2)cc1CC(=O)N(C)C. The first kappa shape index (κ1) is 29.6. The number of fused-ring (bicyclic) bond motifs is 1. The average molecular weight is 570 g/mol. The number of rotatable bonds is 7. The summed E-state index contributed by atoms with van der Waals surface area (Å²) in [6, 6.07) is 4.72. The van der Waals surface area contributed by atoms with Crippen molar-refractivity contribution in [1.82, 2.24) is 15.2 Å². The Labute approximate surface area is 237 Å². The van der Waals surface area contributed by atoms with Crippen LogP contribution in [-0.2, 0) is 17.4 Å². The van der Waals surface area contributed by atoms with Crippen LogP contribution in [0.3, 0.4) is 0 Å². The number of pyridine rings is 1. The molecule has 0 saturated carbocycles. The second-order valence-corrected chi connectivity index (χ2v) is 10.3. The zero-order valence-corrected chi connectivity index (χ0v) is 23.9. The van der Waals surface area contributed by atoms with Crippen molar-refractivity contribution in [1.29, 1.82) is 0 Å². The van der Waals surface area contributed by atoms with E-state index in [9.17, 15) is 18.0 Å². The molecule has 12 heteroatoms. The van der Waals surface area contributed by atoms with Crippen LogP contribution in [0.25, 0.3) is 0 Å². The molecule has 1 amide bonds. The maximum absolute atomic E-state index is 13.4. The van der Waals surface area contributed by atoms with Gasteiger partial charge in [-0.2, -0.15) is 13.2 Å². The van der Waals surface area contributed by atoms with E-state index < -0.39 is 17.8 Å². The molecule has 1 unspecified atom stereocenters. The Kier molecular flexibility index (Phi) is 8.41. The predicted molar refractivity (Wildman–Crippen MR) is 154 cm³/mol. The Balaban J connectivity index is 1.61. The Bertz CT molecular complexity index is 1460. The summed E-state index contributed by atoms with van der Waals surface area (Å²) in [5.41, 5.74) is 8.51. The number of ether oxygens (including phenoxy) is 1. The quantitative estimate of drug-likeness (QED) is 0.475. The summed E-state index contributed by atoms with van der Waals surface area (Å²) in [5, 5.41) is 3.29. The fourth-order valence-electron chi connectivity index (χ4n) is 4.68. The molecule has 0 bridgehead atoms. The fourth-order valence-corrected chi connectivity index (χ4v) is 4.68. The van der Waals surface area contributed by atoms with Crippen molar-refractivity contribution in [2.45, 2.75) is 44.9 Å². The van der Waals surface area contributed by atoms with Crippen molar-refractivity contribution in [3.63, 3.8) is 0 Å². The Hall–Kier alpha value is -4.35. The summed E-state index contributed by atoms with van der Waals surface area (Å²) in [5.74, 6) is 1.42. The monoisotopic (exact) mass is 569 g/mol. The molecule has 9 nitrogen and oxygen atoms in total. The third-order valence-electron chi connectivity index (χ3n) is 6.98. The van der Waals surface area contributed by atoms with Crippen molar-refractivity contribution in [3.05, 3.63) is 70.6 Å². The van der Waals surface area contributed by atoms with Crippen LogP contribution in [0.15, 0.2) is 63.9 Å². The highest BCUT2D eigenvalue weighted by Gasteiger charge is 2.32. The second kappa shape index (κ2) is 11.6.